The predicted molar refractivity (Wildman–Crippen MR) is 124 cm³/mol. The number of carbonyl (C=O) groups excluding carboxylic acids is 2. The van der Waals surface area contributed by atoms with Crippen LogP contribution < -0.4 is 22.5 Å². The van der Waals surface area contributed by atoms with Crippen LogP contribution in [0.5, 0.6) is 0 Å². The third kappa shape index (κ3) is 26.4. The highest BCUT2D eigenvalue weighted by Crippen LogP contribution is 2.39. The molecule has 2 atom stereocenters. The van der Waals surface area contributed by atoms with E-state index in [-0.39, 0.29) is 12.5 Å². The molecule has 0 aromatic carbocycles. The van der Waals surface area contributed by atoms with E-state index in [0.717, 1.165) is 18.4 Å². The zero-order valence-electron chi connectivity index (χ0n) is 19.5. The molecule has 0 fully saturated rings. The maximum atomic E-state index is 11.3. The largest absolute Gasteiger partial charge is 0.376 e. The molecule has 0 spiro atoms. The van der Waals surface area contributed by atoms with Crippen molar-refractivity contribution in [3.63, 3.8) is 0 Å². The number of primary amides is 1. The summed E-state index contributed by atoms with van der Waals surface area (Å²) >= 11 is 0. The van der Waals surface area contributed by atoms with Crippen LogP contribution >= 0.6 is 7.60 Å². The second-order valence-corrected chi connectivity index (χ2v) is 10.0. The smallest absolute Gasteiger partial charge is 0.359 e. The highest BCUT2D eigenvalue weighted by atomic mass is 31.2. The first-order valence-corrected chi connectivity index (χ1v) is 11.4. The first-order valence-electron chi connectivity index (χ1n) is 9.71. The van der Waals surface area contributed by atoms with Gasteiger partial charge in [-0.3, -0.25) is 14.2 Å². The highest BCUT2D eigenvalue weighted by molar-refractivity contribution is 7.52. The Labute approximate surface area is 186 Å². The van der Waals surface area contributed by atoms with E-state index in [0.29, 0.717) is 29.6 Å². The van der Waals surface area contributed by atoms with Gasteiger partial charge < -0.3 is 41.9 Å². The quantitative estimate of drug-likeness (QED) is 0.0682. The van der Waals surface area contributed by atoms with Crippen molar-refractivity contribution in [2.24, 2.45) is 17.2 Å². The van der Waals surface area contributed by atoms with Gasteiger partial charge in [0.2, 0.25) is 17.7 Å². The normalized spacial score (nSPS) is 12.8. The Hall–Kier alpha value is -1.59. The average Bonchev–Trinajstić information content (AvgIpc) is 2.58. The number of nitrogens with two attached hydrogens (primary N) is 3. The molecule has 0 rings (SSSR count). The van der Waals surface area contributed by atoms with E-state index < -0.39 is 25.4 Å². The number of hydrogen-bond donors (Lipinski definition) is 7. The van der Waals surface area contributed by atoms with E-state index in [1.807, 2.05) is 6.92 Å². The summed E-state index contributed by atoms with van der Waals surface area (Å²) in [6.07, 6.45) is 2.51. The fourth-order valence-corrected chi connectivity index (χ4v) is 2.31. The van der Waals surface area contributed by atoms with Crippen LogP contribution in [0.15, 0.2) is 24.3 Å². The summed E-state index contributed by atoms with van der Waals surface area (Å²) in [5.41, 5.74) is 17.0. The van der Waals surface area contributed by atoms with Gasteiger partial charge in [-0.25, -0.2) is 0 Å². The van der Waals surface area contributed by atoms with Crippen LogP contribution in [-0.4, -0.2) is 83.9 Å². The summed E-state index contributed by atoms with van der Waals surface area (Å²) < 4.78 is 10.8. The molecule has 0 aliphatic rings. The van der Waals surface area contributed by atoms with Crippen LogP contribution in [0.2, 0.25) is 0 Å². The van der Waals surface area contributed by atoms with Crippen LogP contribution in [0.1, 0.15) is 33.1 Å². The van der Waals surface area contributed by atoms with Crippen LogP contribution in [-0.2, 0) is 14.2 Å². The molecule has 0 saturated carbocycles. The van der Waals surface area contributed by atoms with E-state index in [2.05, 4.69) is 18.5 Å². The Morgan fingerprint density at radius 1 is 1.13 bits per heavy atom. The van der Waals surface area contributed by atoms with Gasteiger partial charge >= 0.3 is 7.60 Å². The summed E-state index contributed by atoms with van der Waals surface area (Å²) in [7, 11) is 0.933. The fourth-order valence-electron chi connectivity index (χ4n) is 1.61. The van der Waals surface area contributed by atoms with Crippen molar-refractivity contribution < 1.29 is 33.5 Å². The van der Waals surface area contributed by atoms with Gasteiger partial charge in [0.25, 0.3) is 0 Å². The van der Waals surface area contributed by atoms with E-state index in [1.165, 1.54) is 0 Å². The third-order valence-corrected chi connectivity index (χ3v) is 4.33. The number of carbonyl (C=O) groups is 2. The summed E-state index contributed by atoms with van der Waals surface area (Å²) in [4.78, 5) is 38.2. The molecule has 2 amide bonds. The fraction of sp³-hybridized carbons (Fsp3) is 0.684. The van der Waals surface area contributed by atoms with Crippen molar-refractivity contribution >= 4 is 19.4 Å². The molecule has 0 heterocycles. The van der Waals surface area contributed by atoms with Crippen LogP contribution in [0, 0.1) is 0 Å². The molecule has 12 heteroatoms. The number of quaternary nitrogens is 1. The summed E-state index contributed by atoms with van der Waals surface area (Å²) in [6, 6.07) is -0.416. The Morgan fingerprint density at radius 3 is 1.84 bits per heavy atom. The zero-order valence-corrected chi connectivity index (χ0v) is 20.4. The van der Waals surface area contributed by atoms with Crippen LogP contribution in [0.4, 0.5) is 0 Å². The van der Waals surface area contributed by atoms with E-state index in [9.17, 15) is 14.2 Å². The van der Waals surface area contributed by atoms with Crippen LogP contribution in [0.3, 0.4) is 0 Å². The second-order valence-electron chi connectivity index (χ2n) is 8.25. The molecule has 0 bridgehead atoms. The van der Waals surface area contributed by atoms with Gasteiger partial charge in [0.05, 0.1) is 27.2 Å². The second kappa shape index (κ2) is 17.0. The molecule has 11 nitrogen and oxygen atoms in total. The molecule has 0 saturated heterocycles. The molecular weight excluding hydrogens is 425 g/mol. The van der Waals surface area contributed by atoms with Gasteiger partial charge in [-0.05, 0) is 33.2 Å². The molecule has 31 heavy (non-hydrogen) atoms. The topological polar surface area (TPSA) is 202 Å². The van der Waals surface area contributed by atoms with Gasteiger partial charge in [-0.15, -0.1) is 0 Å². The number of nitrogens with one attached hydrogen (secondary N) is 1. The molecule has 10 N–H and O–H groups in total. The molecule has 184 valence electrons. The van der Waals surface area contributed by atoms with Crippen molar-refractivity contribution in [3.8, 4) is 0 Å². The number of unbranched alkanes of at least 4 members (excludes halogenated alkanes) is 1. The summed E-state index contributed by atoms with van der Waals surface area (Å²) in [5, 5.41) is 11.7. The van der Waals surface area contributed by atoms with Crippen molar-refractivity contribution in [2.75, 3.05) is 40.8 Å². The molecular formula is C19H43N5O6P+. The number of nitrogens with zero attached hydrogens (tertiary/aromatic N) is 1. The molecule has 0 radical (unpaired) electrons. The van der Waals surface area contributed by atoms with Gasteiger partial charge in [0, 0.05) is 12.1 Å². The number of amides is 2. The Balaban J connectivity index is -0.000000410. The minimum Gasteiger partial charge on any atom is -0.376 e. The standard InChI is InChI=1S/C10H21N3O.C5H14NO4P.C4H7NO/c1-8(2)7-13-10(14)9(12)5-3-4-6-11;1-6(2,3)4-5(7)11(8,9)10;1-3(2)4(5)6/h9H,1,3-7,11-12H2,2H3,(H,13,14);5,7H,4H2,1-3H3,(H-,8,9,10);1H2,2H3,(H2,5,6)/p+1. The number of aliphatic hydroxyl groups is 1. The lowest BCUT2D eigenvalue weighted by molar-refractivity contribution is -0.872. The van der Waals surface area contributed by atoms with Crippen molar-refractivity contribution in [1.82, 2.24) is 5.32 Å². The predicted octanol–water partition coefficient (Wildman–Crippen LogP) is -0.628. The number of rotatable bonds is 11. The lowest BCUT2D eigenvalue weighted by atomic mass is 10.1. The molecule has 0 aliphatic carbocycles. The summed E-state index contributed by atoms with van der Waals surface area (Å²) in [5.74, 6) is -2.09. The Kier molecular flexibility index (Phi) is 18.7. The Bertz CT molecular complexity index is 603. The lowest BCUT2D eigenvalue weighted by Gasteiger charge is -2.26. The highest BCUT2D eigenvalue weighted by Gasteiger charge is 2.31. The summed E-state index contributed by atoms with van der Waals surface area (Å²) in [6.45, 7) is 11.6. The van der Waals surface area contributed by atoms with Crippen molar-refractivity contribution in [1.29, 1.82) is 0 Å². The monoisotopic (exact) mass is 468 g/mol. The minimum atomic E-state index is -4.31. The van der Waals surface area contributed by atoms with Gasteiger partial charge in [0.1, 0.15) is 6.54 Å². The van der Waals surface area contributed by atoms with Crippen LogP contribution in [0.25, 0.3) is 0 Å². The van der Waals surface area contributed by atoms with Gasteiger partial charge in [0.15, 0.2) is 0 Å². The molecule has 0 aromatic rings. The number of likely N-dealkylation sites (N-methyl/N-ethyl adjacent to an activating group) is 1. The maximum Gasteiger partial charge on any atom is 0.359 e. The maximum absolute atomic E-state index is 11.3. The minimum absolute atomic E-state index is 0.0459. The van der Waals surface area contributed by atoms with Crippen molar-refractivity contribution in [3.05, 3.63) is 24.3 Å². The van der Waals surface area contributed by atoms with Crippen molar-refractivity contribution in [2.45, 2.75) is 45.0 Å². The number of aliphatic hydroxyl groups excluding tert-OH is 1. The third-order valence-electron chi connectivity index (χ3n) is 3.39. The first kappa shape index (κ1) is 34.0. The Morgan fingerprint density at radius 2 is 1.58 bits per heavy atom. The molecule has 2 unspecified atom stereocenters. The first-order chi connectivity index (χ1) is 13.8. The average molecular weight is 469 g/mol. The van der Waals surface area contributed by atoms with E-state index in [4.69, 9.17) is 32.1 Å². The SMILES string of the molecule is C=C(C)C(N)=O.C=C(C)CNC(=O)C(N)CCCCN.C[N+](C)(C)CC(O)P(=O)(O)O. The van der Waals surface area contributed by atoms with Gasteiger partial charge in [-0.2, -0.15) is 0 Å². The van der Waals surface area contributed by atoms with E-state index >= 15 is 0 Å². The molecule has 0 aromatic heterocycles. The van der Waals surface area contributed by atoms with E-state index in [1.54, 1.807) is 28.1 Å². The lowest BCUT2D eigenvalue weighted by Crippen LogP contribution is -2.41. The molecule has 0 aliphatic heterocycles. The number of hydrogen-bond acceptors (Lipinski definition) is 6. The zero-order chi connectivity index (χ0) is 25.4. The van der Waals surface area contributed by atoms with Gasteiger partial charge in [-0.1, -0.05) is 25.2 Å².